The van der Waals surface area contributed by atoms with Crippen molar-refractivity contribution in [3.63, 3.8) is 0 Å². The number of aryl methyl sites for hydroxylation is 1. The number of nitrogens with zero attached hydrogens (tertiary/aromatic N) is 3. The van der Waals surface area contributed by atoms with E-state index in [2.05, 4.69) is 5.10 Å². The standard InChI is InChI=1S/C20H25N3O4/c1-27-18-7-3-2-5-15(18)8-9-19(24)22-11-4-6-16(13-22)17-10-12-23(21-17)14-20(25)26/h2-3,5,7,10,12,16H,4,6,8-9,11,13-14H2,1H3,(H,25,26)/t16-/m0/s1. The second kappa shape index (κ2) is 8.70. The van der Waals surface area contributed by atoms with Crippen molar-refractivity contribution in [1.82, 2.24) is 14.7 Å². The molecule has 27 heavy (non-hydrogen) atoms. The Balaban J connectivity index is 1.58. The number of amides is 1. The molecule has 0 aliphatic carbocycles. The highest BCUT2D eigenvalue weighted by molar-refractivity contribution is 5.76. The number of carbonyl (C=O) groups excluding carboxylic acids is 1. The van der Waals surface area contributed by atoms with E-state index < -0.39 is 5.97 Å². The molecule has 1 N–H and O–H groups in total. The molecular formula is C20H25N3O4. The Morgan fingerprint density at radius 1 is 1.30 bits per heavy atom. The maximum Gasteiger partial charge on any atom is 0.325 e. The van der Waals surface area contributed by atoms with Crippen molar-refractivity contribution < 1.29 is 19.4 Å². The van der Waals surface area contributed by atoms with Gasteiger partial charge in [-0.15, -0.1) is 0 Å². The van der Waals surface area contributed by atoms with Gasteiger partial charge in [0.25, 0.3) is 0 Å². The van der Waals surface area contributed by atoms with Crippen molar-refractivity contribution >= 4 is 11.9 Å². The van der Waals surface area contributed by atoms with Gasteiger partial charge in [0.2, 0.25) is 5.91 Å². The largest absolute Gasteiger partial charge is 0.496 e. The summed E-state index contributed by atoms with van der Waals surface area (Å²) >= 11 is 0. The van der Waals surface area contributed by atoms with E-state index >= 15 is 0 Å². The number of hydrogen-bond donors (Lipinski definition) is 1. The van der Waals surface area contributed by atoms with Crippen molar-refractivity contribution in [3.05, 3.63) is 47.8 Å². The van der Waals surface area contributed by atoms with E-state index in [-0.39, 0.29) is 18.4 Å². The molecule has 1 fully saturated rings. The summed E-state index contributed by atoms with van der Waals surface area (Å²) in [5.74, 6) is 0.187. The minimum atomic E-state index is -0.915. The number of aliphatic carboxylic acids is 1. The third kappa shape index (κ3) is 4.87. The zero-order chi connectivity index (χ0) is 19.2. The quantitative estimate of drug-likeness (QED) is 0.807. The molecule has 7 nitrogen and oxygen atoms in total. The van der Waals surface area contributed by atoms with Crippen LogP contribution in [-0.2, 0) is 22.6 Å². The Kier molecular flexibility index (Phi) is 6.11. The molecule has 3 rings (SSSR count). The van der Waals surface area contributed by atoms with Crippen LogP contribution in [0.15, 0.2) is 36.5 Å². The molecule has 1 atom stereocenters. The molecule has 7 heteroatoms. The molecule has 1 amide bonds. The van der Waals surface area contributed by atoms with Crippen LogP contribution in [0.25, 0.3) is 0 Å². The molecule has 0 bridgehead atoms. The second-order valence-electron chi connectivity index (χ2n) is 6.82. The third-order valence-corrected chi connectivity index (χ3v) is 4.95. The number of carboxylic acid groups (broad SMARTS) is 1. The van der Waals surface area contributed by atoms with Crippen molar-refractivity contribution in [1.29, 1.82) is 0 Å². The zero-order valence-corrected chi connectivity index (χ0v) is 15.5. The van der Waals surface area contributed by atoms with Crippen LogP contribution in [0.1, 0.15) is 36.4 Å². The first kappa shape index (κ1) is 18.9. The molecule has 2 aromatic rings. The van der Waals surface area contributed by atoms with E-state index in [1.165, 1.54) is 4.68 Å². The highest BCUT2D eigenvalue weighted by atomic mass is 16.5. The molecule has 1 saturated heterocycles. The van der Waals surface area contributed by atoms with E-state index in [1.807, 2.05) is 35.2 Å². The maximum absolute atomic E-state index is 12.7. The Hall–Kier alpha value is -2.83. The molecule has 144 valence electrons. The molecule has 2 heterocycles. The number of aromatic nitrogens is 2. The van der Waals surface area contributed by atoms with Crippen molar-refractivity contribution in [2.45, 2.75) is 38.1 Å². The van der Waals surface area contributed by atoms with Crippen LogP contribution in [0.5, 0.6) is 5.75 Å². The zero-order valence-electron chi connectivity index (χ0n) is 15.5. The Bertz CT molecular complexity index is 802. The smallest absolute Gasteiger partial charge is 0.325 e. The topological polar surface area (TPSA) is 84.7 Å². The molecule has 1 aromatic carbocycles. The normalized spacial score (nSPS) is 16.9. The number of piperidine rings is 1. The lowest BCUT2D eigenvalue weighted by molar-refractivity contribution is -0.138. The molecule has 0 radical (unpaired) electrons. The van der Waals surface area contributed by atoms with E-state index in [9.17, 15) is 9.59 Å². The minimum absolute atomic E-state index is 0.135. The number of carbonyl (C=O) groups is 2. The molecule has 0 unspecified atom stereocenters. The number of benzene rings is 1. The predicted molar refractivity (Wildman–Crippen MR) is 99.7 cm³/mol. The number of ether oxygens (including phenoxy) is 1. The minimum Gasteiger partial charge on any atom is -0.496 e. The first-order valence-corrected chi connectivity index (χ1v) is 9.21. The lowest BCUT2D eigenvalue weighted by atomic mass is 9.94. The van der Waals surface area contributed by atoms with Gasteiger partial charge in [0.1, 0.15) is 12.3 Å². The fourth-order valence-electron chi connectivity index (χ4n) is 3.58. The van der Waals surface area contributed by atoms with Crippen LogP contribution in [-0.4, -0.2) is 51.9 Å². The van der Waals surface area contributed by atoms with Gasteiger partial charge in [-0.2, -0.15) is 5.10 Å². The average molecular weight is 371 g/mol. The van der Waals surface area contributed by atoms with E-state index in [0.29, 0.717) is 19.4 Å². The highest BCUT2D eigenvalue weighted by Gasteiger charge is 2.26. The van der Waals surface area contributed by atoms with Crippen molar-refractivity contribution in [2.75, 3.05) is 20.2 Å². The van der Waals surface area contributed by atoms with Crippen LogP contribution in [0.2, 0.25) is 0 Å². The van der Waals surface area contributed by atoms with Crippen LogP contribution >= 0.6 is 0 Å². The second-order valence-corrected chi connectivity index (χ2v) is 6.82. The molecule has 1 aromatic heterocycles. The number of rotatable bonds is 7. The molecule has 0 saturated carbocycles. The van der Waals surface area contributed by atoms with Gasteiger partial charge in [-0.3, -0.25) is 14.3 Å². The summed E-state index contributed by atoms with van der Waals surface area (Å²) in [5.41, 5.74) is 1.90. The number of methoxy groups -OCH3 is 1. The summed E-state index contributed by atoms with van der Waals surface area (Å²) in [6.07, 6.45) is 4.67. The van der Waals surface area contributed by atoms with Gasteiger partial charge < -0.3 is 14.7 Å². The summed E-state index contributed by atoms with van der Waals surface area (Å²) in [6.45, 7) is 1.25. The number of carboxylic acids is 1. The van der Waals surface area contributed by atoms with Crippen molar-refractivity contribution in [2.24, 2.45) is 0 Å². The van der Waals surface area contributed by atoms with Gasteiger partial charge in [-0.1, -0.05) is 18.2 Å². The fraction of sp³-hybridized carbons (Fsp3) is 0.450. The molecule has 1 aliphatic rings. The third-order valence-electron chi connectivity index (χ3n) is 4.95. The Labute approximate surface area is 158 Å². The molecule has 1 aliphatic heterocycles. The highest BCUT2D eigenvalue weighted by Crippen LogP contribution is 2.26. The average Bonchev–Trinajstić information content (AvgIpc) is 3.14. The van der Waals surface area contributed by atoms with Gasteiger partial charge in [0.05, 0.1) is 12.8 Å². The first-order chi connectivity index (χ1) is 13.1. The van der Waals surface area contributed by atoms with Gasteiger partial charge in [-0.05, 0) is 37.0 Å². The Morgan fingerprint density at radius 2 is 2.11 bits per heavy atom. The fourth-order valence-corrected chi connectivity index (χ4v) is 3.58. The summed E-state index contributed by atoms with van der Waals surface area (Å²) in [6, 6.07) is 9.62. The molecular weight excluding hydrogens is 346 g/mol. The SMILES string of the molecule is COc1ccccc1CCC(=O)N1CCC[C@H](c2ccn(CC(=O)O)n2)C1. The monoisotopic (exact) mass is 371 g/mol. The van der Waals surface area contributed by atoms with Gasteiger partial charge in [-0.25, -0.2) is 0 Å². The van der Waals surface area contributed by atoms with Crippen LogP contribution in [0.4, 0.5) is 0 Å². The van der Waals surface area contributed by atoms with E-state index in [4.69, 9.17) is 9.84 Å². The van der Waals surface area contributed by atoms with E-state index in [0.717, 1.165) is 36.4 Å². The van der Waals surface area contributed by atoms with E-state index in [1.54, 1.807) is 13.3 Å². The summed E-state index contributed by atoms with van der Waals surface area (Å²) in [5, 5.41) is 13.2. The van der Waals surface area contributed by atoms with Crippen molar-refractivity contribution in [3.8, 4) is 5.75 Å². The first-order valence-electron chi connectivity index (χ1n) is 9.21. The van der Waals surface area contributed by atoms with Crippen LogP contribution in [0.3, 0.4) is 0 Å². The lowest BCUT2D eigenvalue weighted by Crippen LogP contribution is -2.39. The maximum atomic E-state index is 12.7. The predicted octanol–water partition coefficient (Wildman–Crippen LogP) is 2.32. The number of hydrogen-bond acceptors (Lipinski definition) is 4. The summed E-state index contributed by atoms with van der Waals surface area (Å²) in [4.78, 5) is 25.4. The van der Waals surface area contributed by atoms with Crippen LogP contribution < -0.4 is 4.74 Å². The van der Waals surface area contributed by atoms with Gasteiger partial charge >= 0.3 is 5.97 Å². The summed E-state index contributed by atoms with van der Waals surface area (Å²) in [7, 11) is 1.64. The summed E-state index contributed by atoms with van der Waals surface area (Å²) < 4.78 is 6.78. The van der Waals surface area contributed by atoms with Crippen LogP contribution in [0, 0.1) is 0 Å². The van der Waals surface area contributed by atoms with Gasteiger partial charge in [0, 0.05) is 31.6 Å². The number of para-hydroxylation sites is 1. The van der Waals surface area contributed by atoms with Gasteiger partial charge in [0.15, 0.2) is 0 Å². The lowest BCUT2D eigenvalue weighted by Gasteiger charge is -2.32. The molecule has 0 spiro atoms. The number of likely N-dealkylation sites (tertiary alicyclic amines) is 1. The Morgan fingerprint density at radius 3 is 2.89 bits per heavy atom.